The molecule has 0 bridgehead atoms. The Kier molecular flexibility index (Phi) is 5.59. The largest absolute Gasteiger partial charge is 0.497 e. The number of benzene rings is 2. The van der Waals surface area contributed by atoms with Gasteiger partial charge in [0.25, 0.3) is 0 Å². The van der Waals surface area contributed by atoms with Crippen LogP contribution in [0.1, 0.15) is 23.9 Å². The molecule has 0 saturated carbocycles. The zero-order chi connectivity index (χ0) is 21.3. The summed E-state index contributed by atoms with van der Waals surface area (Å²) in [6.07, 6.45) is 0.547. The van der Waals surface area contributed by atoms with Gasteiger partial charge in [0.15, 0.2) is 0 Å². The van der Waals surface area contributed by atoms with Crippen molar-refractivity contribution in [1.29, 1.82) is 0 Å². The summed E-state index contributed by atoms with van der Waals surface area (Å²) in [6.45, 7) is 2.47. The number of likely N-dealkylation sites (N-methyl/N-ethyl adjacent to an activating group) is 1. The third-order valence-corrected chi connectivity index (χ3v) is 6.81. The molecule has 0 unspecified atom stereocenters. The van der Waals surface area contributed by atoms with Gasteiger partial charge in [-0.1, -0.05) is 22.9 Å². The molecule has 30 heavy (non-hydrogen) atoms. The Morgan fingerprint density at radius 3 is 2.50 bits per heavy atom. The zero-order valence-electron chi connectivity index (χ0n) is 17.1. The number of ether oxygens (including phenoxy) is 1. The number of likely N-dealkylation sites (tertiary alicyclic amines) is 1. The Balaban J connectivity index is 1.46. The summed E-state index contributed by atoms with van der Waals surface area (Å²) in [5.74, 6) is 1.71. The third-order valence-electron chi connectivity index (χ3n) is 5.28. The van der Waals surface area contributed by atoms with E-state index in [0.717, 1.165) is 16.9 Å². The van der Waals surface area contributed by atoms with Crippen LogP contribution in [0.5, 0.6) is 5.75 Å². The molecule has 2 heterocycles. The first-order chi connectivity index (χ1) is 14.4. The highest BCUT2D eigenvalue weighted by Gasteiger charge is 2.36. The summed E-state index contributed by atoms with van der Waals surface area (Å²) < 4.78 is 38.9. The van der Waals surface area contributed by atoms with E-state index in [4.69, 9.17) is 9.26 Å². The van der Waals surface area contributed by atoms with Gasteiger partial charge < -0.3 is 9.26 Å². The van der Waals surface area contributed by atoms with Crippen LogP contribution < -0.4 is 9.46 Å². The highest BCUT2D eigenvalue weighted by Crippen LogP contribution is 2.32. The van der Waals surface area contributed by atoms with Crippen molar-refractivity contribution in [2.75, 3.05) is 20.7 Å². The van der Waals surface area contributed by atoms with E-state index in [0.29, 0.717) is 24.7 Å². The molecule has 2 aromatic carbocycles. The summed E-state index contributed by atoms with van der Waals surface area (Å²) in [7, 11) is -0.0584. The van der Waals surface area contributed by atoms with Gasteiger partial charge in [-0.2, -0.15) is 4.98 Å². The molecule has 1 aliphatic rings. The number of hydrogen-bond acceptors (Lipinski definition) is 7. The van der Waals surface area contributed by atoms with E-state index < -0.39 is 10.0 Å². The monoisotopic (exact) mass is 428 g/mol. The molecule has 1 aliphatic heterocycles. The minimum atomic E-state index is -3.59. The van der Waals surface area contributed by atoms with E-state index in [1.165, 1.54) is 0 Å². The average molecular weight is 429 g/mol. The Morgan fingerprint density at radius 1 is 1.13 bits per heavy atom. The number of sulfonamides is 1. The third kappa shape index (κ3) is 4.23. The highest BCUT2D eigenvalue weighted by molar-refractivity contribution is 7.89. The van der Waals surface area contributed by atoms with Crippen molar-refractivity contribution in [1.82, 2.24) is 19.8 Å². The van der Waals surface area contributed by atoms with E-state index in [-0.39, 0.29) is 17.0 Å². The molecule has 0 aliphatic carbocycles. The summed E-state index contributed by atoms with van der Waals surface area (Å²) in [4.78, 5) is 6.81. The molecule has 2 atom stereocenters. The van der Waals surface area contributed by atoms with Crippen molar-refractivity contribution in [3.63, 3.8) is 0 Å². The molecular formula is C21H24N4O4S. The summed E-state index contributed by atoms with van der Waals surface area (Å²) >= 11 is 0. The van der Waals surface area contributed by atoms with Crippen LogP contribution in [0, 0.1) is 6.92 Å². The standard InChI is InChI=1S/C21H24N4O4S/c1-14-4-10-18(11-5-14)30(26,27)24-16-12-19(25(2)13-16)21-22-20(23-29-21)15-6-8-17(28-3)9-7-15/h4-11,16,19,24H,12-13H2,1-3H3/t16-,19+/m1/s1. The number of methoxy groups -OCH3 is 1. The number of aromatic nitrogens is 2. The summed E-state index contributed by atoms with van der Waals surface area (Å²) in [5, 5.41) is 4.08. The van der Waals surface area contributed by atoms with Crippen LogP contribution in [0.2, 0.25) is 0 Å². The molecule has 9 heteroatoms. The van der Waals surface area contributed by atoms with Crippen LogP contribution in [0.25, 0.3) is 11.4 Å². The molecule has 158 valence electrons. The Labute approximate surface area is 175 Å². The SMILES string of the molecule is COc1ccc(-c2noc([C@@H]3C[C@@H](NS(=O)(=O)c4ccc(C)cc4)CN3C)n2)cc1. The maximum Gasteiger partial charge on any atom is 0.244 e. The second-order valence-corrected chi connectivity index (χ2v) is 9.22. The topological polar surface area (TPSA) is 97.6 Å². The van der Waals surface area contributed by atoms with Crippen molar-refractivity contribution in [3.8, 4) is 17.1 Å². The van der Waals surface area contributed by atoms with Crippen LogP contribution in [0.15, 0.2) is 57.9 Å². The molecule has 1 N–H and O–H groups in total. The molecule has 1 fully saturated rings. The molecule has 0 amide bonds. The number of aryl methyl sites for hydroxylation is 1. The van der Waals surface area contributed by atoms with Gasteiger partial charge in [0.1, 0.15) is 5.75 Å². The van der Waals surface area contributed by atoms with Crippen LogP contribution in [0.4, 0.5) is 0 Å². The fourth-order valence-electron chi connectivity index (χ4n) is 3.61. The van der Waals surface area contributed by atoms with Crippen molar-refractivity contribution in [2.24, 2.45) is 0 Å². The quantitative estimate of drug-likeness (QED) is 0.645. The Morgan fingerprint density at radius 2 is 1.83 bits per heavy atom. The first kappa shape index (κ1) is 20.5. The Hall–Kier alpha value is -2.75. The van der Waals surface area contributed by atoms with Crippen molar-refractivity contribution < 1.29 is 17.7 Å². The minimum Gasteiger partial charge on any atom is -0.497 e. The Bertz CT molecular complexity index is 1110. The van der Waals surface area contributed by atoms with Gasteiger partial charge in [-0.05, 0) is 56.8 Å². The van der Waals surface area contributed by atoms with Gasteiger partial charge in [-0.25, -0.2) is 13.1 Å². The molecule has 0 radical (unpaired) electrons. The van der Waals surface area contributed by atoms with E-state index >= 15 is 0 Å². The predicted octanol–water partition coefficient (Wildman–Crippen LogP) is 2.78. The minimum absolute atomic E-state index is 0.157. The number of hydrogen-bond donors (Lipinski definition) is 1. The maximum absolute atomic E-state index is 12.7. The van der Waals surface area contributed by atoms with E-state index in [9.17, 15) is 8.42 Å². The lowest BCUT2D eigenvalue weighted by atomic mass is 10.2. The summed E-state index contributed by atoms with van der Waals surface area (Å²) in [5.41, 5.74) is 1.83. The first-order valence-corrected chi connectivity index (χ1v) is 11.1. The molecule has 0 spiro atoms. The van der Waals surface area contributed by atoms with E-state index in [1.54, 1.807) is 31.4 Å². The molecule has 1 saturated heterocycles. The van der Waals surface area contributed by atoms with Crippen LogP contribution >= 0.6 is 0 Å². The lowest BCUT2D eigenvalue weighted by molar-refractivity contribution is 0.244. The second-order valence-electron chi connectivity index (χ2n) is 7.51. The van der Waals surface area contributed by atoms with E-state index in [1.807, 2.05) is 43.1 Å². The maximum atomic E-state index is 12.7. The van der Waals surface area contributed by atoms with Crippen LogP contribution in [0.3, 0.4) is 0 Å². The van der Waals surface area contributed by atoms with Gasteiger partial charge in [-0.3, -0.25) is 4.90 Å². The first-order valence-electron chi connectivity index (χ1n) is 9.63. The lowest BCUT2D eigenvalue weighted by Gasteiger charge is -2.14. The average Bonchev–Trinajstić information content (AvgIpc) is 3.34. The van der Waals surface area contributed by atoms with Gasteiger partial charge in [-0.15, -0.1) is 0 Å². The number of nitrogens with one attached hydrogen (secondary N) is 1. The lowest BCUT2D eigenvalue weighted by Crippen LogP contribution is -2.36. The van der Waals surface area contributed by atoms with Crippen molar-refractivity contribution >= 4 is 10.0 Å². The van der Waals surface area contributed by atoms with Gasteiger partial charge >= 0.3 is 0 Å². The molecule has 1 aromatic heterocycles. The molecular weight excluding hydrogens is 404 g/mol. The molecule has 4 rings (SSSR count). The molecule has 3 aromatic rings. The fraction of sp³-hybridized carbons (Fsp3) is 0.333. The fourth-order valence-corrected chi connectivity index (χ4v) is 4.85. The predicted molar refractivity (Wildman–Crippen MR) is 112 cm³/mol. The van der Waals surface area contributed by atoms with Crippen molar-refractivity contribution in [2.45, 2.75) is 30.3 Å². The smallest absolute Gasteiger partial charge is 0.244 e. The number of rotatable bonds is 6. The zero-order valence-corrected chi connectivity index (χ0v) is 17.9. The van der Waals surface area contributed by atoms with Gasteiger partial charge in [0.05, 0.1) is 18.0 Å². The summed E-state index contributed by atoms with van der Waals surface area (Å²) in [6, 6.07) is 13.8. The highest BCUT2D eigenvalue weighted by atomic mass is 32.2. The second kappa shape index (κ2) is 8.17. The van der Waals surface area contributed by atoms with Gasteiger partial charge in [0, 0.05) is 18.2 Å². The normalized spacial score (nSPS) is 19.8. The van der Waals surface area contributed by atoms with Crippen LogP contribution in [-0.4, -0.2) is 50.2 Å². The van der Waals surface area contributed by atoms with E-state index in [2.05, 4.69) is 14.9 Å². The molecule has 8 nitrogen and oxygen atoms in total. The van der Waals surface area contributed by atoms with Crippen LogP contribution in [-0.2, 0) is 10.0 Å². The van der Waals surface area contributed by atoms with Gasteiger partial charge in [0.2, 0.25) is 21.7 Å². The van der Waals surface area contributed by atoms with Crippen molar-refractivity contribution in [3.05, 3.63) is 60.0 Å². The number of nitrogens with zero attached hydrogens (tertiary/aromatic N) is 3.